The van der Waals surface area contributed by atoms with Crippen molar-refractivity contribution in [3.8, 4) is 0 Å². The zero-order valence-electron chi connectivity index (χ0n) is 30.1. The zero-order chi connectivity index (χ0) is 34.2. The molecule has 3 nitrogen and oxygen atoms in total. The molecule has 1 aliphatic carbocycles. The minimum Gasteiger partial charge on any atom is -0.344 e. The minimum atomic E-state index is -0.120. The number of nitrogens with zero attached hydrogens (tertiary/aromatic N) is 2. The van der Waals surface area contributed by atoms with Gasteiger partial charge in [0, 0.05) is 53.9 Å². The molecule has 0 bridgehead atoms. The van der Waals surface area contributed by atoms with Gasteiger partial charge in [0.1, 0.15) is 12.8 Å². The van der Waals surface area contributed by atoms with Gasteiger partial charge < -0.3 is 9.69 Å². The molecule has 0 radical (unpaired) electrons. The first-order valence-corrected chi connectivity index (χ1v) is 18.5. The first kappa shape index (κ1) is 33.0. The highest BCUT2D eigenvalue weighted by Gasteiger charge is 2.45. The van der Waals surface area contributed by atoms with E-state index < -0.39 is 0 Å². The molecule has 0 unspecified atom stereocenters. The van der Waals surface area contributed by atoms with E-state index in [1.807, 2.05) is 0 Å². The van der Waals surface area contributed by atoms with Crippen molar-refractivity contribution in [2.45, 2.75) is 90.4 Å². The van der Waals surface area contributed by atoms with E-state index in [4.69, 9.17) is 0 Å². The van der Waals surface area contributed by atoms with Gasteiger partial charge in [-0.1, -0.05) is 86.7 Å². The lowest BCUT2D eigenvalue weighted by molar-refractivity contribution is -0.438. The molecule has 0 amide bonds. The number of allylic oxidation sites excluding steroid dienone is 8. The lowest BCUT2D eigenvalue weighted by atomic mass is 9.79. The van der Waals surface area contributed by atoms with Crippen LogP contribution in [0.3, 0.4) is 0 Å². The van der Waals surface area contributed by atoms with Gasteiger partial charge >= 0.3 is 0 Å². The molecule has 2 heterocycles. The van der Waals surface area contributed by atoms with Crippen LogP contribution in [0.25, 0.3) is 21.5 Å². The molecule has 0 fully saturated rings. The molecule has 0 aromatic heterocycles. The van der Waals surface area contributed by atoms with Gasteiger partial charge in [0.05, 0.1) is 5.41 Å². The maximum atomic E-state index is 10.9. The van der Waals surface area contributed by atoms with Gasteiger partial charge in [-0.25, -0.2) is 0 Å². The van der Waals surface area contributed by atoms with Gasteiger partial charge in [0.25, 0.3) is 0 Å². The molecule has 0 spiro atoms. The van der Waals surface area contributed by atoms with Crippen molar-refractivity contribution < 1.29 is 9.37 Å². The van der Waals surface area contributed by atoms with Crippen LogP contribution in [0.1, 0.15) is 90.7 Å². The summed E-state index contributed by atoms with van der Waals surface area (Å²) in [7, 11) is 0. The van der Waals surface area contributed by atoms with Crippen molar-refractivity contribution in [2.24, 2.45) is 0 Å². The number of carbonyl (C=O) groups excluding carboxylic acids is 1. The smallest absolute Gasteiger partial charge is 0.210 e. The van der Waals surface area contributed by atoms with Crippen molar-refractivity contribution in [2.75, 3.05) is 18.0 Å². The van der Waals surface area contributed by atoms with Gasteiger partial charge in [-0.15, -0.1) is 0 Å². The average Bonchev–Trinajstić information content (AvgIpc) is 3.47. The second-order valence-electron chi connectivity index (χ2n) is 15.1. The maximum absolute atomic E-state index is 10.9. The van der Waals surface area contributed by atoms with Gasteiger partial charge in [-0.2, -0.15) is 4.58 Å². The summed E-state index contributed by atoms with van der Waals surface area (Å²) in [5.74, 6) is 0. The SMILES string of the molecule is CCN1/C(=C\C=C2C=C(/C=C/C3=[N+](CCCCCC=O)c4ccc5ccccc5c4C3(C)C)CCC\2)C(C)(C)c2c1ccc1ccccc21. The number of fused-ring (bicyclic) bond motifs is 6. The number of hydrogen-bond acceptors (Lipinski definition) is 2. The average molecular weight is 648 g/mol. The molecule has 4 aromatic carbocycles. The summed E-state index contributed by atoms with van der Waals surface area (Å²) >= 11 is 0. The molecule has 3 heteroatoms. The Hall–Kier alpha value is -4.50. The van der Waals surface area contributed by atoms with Crippen molar-refractivity contribution in [3.63, 3.8) is 0 Å². The van der Waals surface area contributed by atoms with Gasteiger partial charge in [-0.3, -0.25) is 0 Å². The van der Waals surface area contributed by atoms with Crippen LogP contribution >= 0.6 is 0 Å². The highest BCUT2D eigenvalue weighted by molar-refractivity contribution is 6.07. The van der Waals surface area contributed by atoms with Gasteiger partial charge in [0.15, 0.2) is 5.71 Å². The Balaban J connectivity index is 1.21. The molecule has 250 valence electrons. The summed E-state index contributed by atoms with van der Waals surface area (Å²) < 4.78 is 2.56. The van der Waals surface area contributed by atoms with Crippen LogP contribution in [0.4, 0.5) is 11.4 Å². The number of unbranched alkanes of at least 4 members (excludes halogenated alkanes) is 3. The molecule has 7 rings (SSSR count). The van der Waals surface area contributed by atoms with Crippen molar-refractivity contribution in [3.05, 3.63) is 131 Å². The van der Waals surface area contributed by atoms with Gasteiger partial charge in [-0.05, 0) is 109 Å². The fourth-order valence-corrected chi connectivity index (χ4v) is 8.84. The van der Waals surface area contributed by atoms with E-state index >= 15 is 0 Å². The first-order valence-electron chi connectivity index (χ1n) is 18.5. The molecule has 0 N–H and O–H groups in total. The molecular formula is C46H51N2O+. The summed E-state index contributed by atoms with van der Waals surface area (Å²) in [6, 6.07) is 26.8. The van der Waals surface area contributed by atoms with Crippen LogP contribution in [0, 0.1) is 0 Å². The lowest BCUT2D eigenvalue weighted by Crippen LogP contribution is -2.28. The fourth-order valence-electron chi connectivity index (χ4n) is 8.84. The fraction of sp³-hybridized carbons (Fsp3) is 0.348. The number of benzene rings is 4. The Kier molecular flexibility index (Phi) is 9.05. The molecule has 0 atom stereocenters. The quantitative estimate of drug-likeness (QED) is 0.0971. The minimum absolute atomic E-state index is 0.0784. The van der Waals surface area contributed by atoms with E-state index in [2.05, 4.69) is 147 Å². The Morgan fingerprint density at radius 1 is 0.755 bits per heavy atom. The van der Waals surface area contributed by atoms with Crippen LogP contribution < -0.4 is 4.90 Å². The van der Waals surface area contributed by atoms with Crippen LogP contribution in [0.15, 0.2) is 120 Å². The monoisotopic (exact) mass is 647 g/mol. The third-order valence-corrected chi connectivity index (χ3v) is 11.2. The maximum Gasteiger partial charge on any atom is 0.210 e. The lowest BCUT2D eigenvalue weighted by Gasteiger charge is -2.26. The molecule has 3 aliphatic rings. The Morgan fingerprint density at radius 2 is 1.47 bits per heavy atom. The van der Waals surface area contributed by atoms with E-state index in [9.17, 15) is 4.79 Å². The second kappa shape index (κ2) is 13.4. The van der Waals surface area contributed by atoms with Crippen LogP contribution in [0.2, 0.25) is 0 Å². The highest BCUT2D eigenvalue weighted by atomic mass is 16.1. The van der Waals surface area contributed by atoms with E-state index in [0.717, 1.165) is 51.5 Å². The van der Waals surface area contributed by atoms with E-state index in [1.54, 1.807) is 0 Å². The molecule has 49 heavy (non-hydrogen) atoms. The molecule has 0 saturated carbocycles. The van der Waals surface area contributed by atoms with Crippen LogP contribution in [0.5, 0.6) is 0 Å². The summed E-state index contributed by atoms with van der Waals surface area (Å²) in [4.78, 5) is 13.4. The summed E-state index contributed by atoms with van der Waals surface area (Å²) in [6.07, 6.45) is 20.2. The normalized spacial score (nSPS) is 19.8. The zero-order valence-corrected chi connectivity index (χ0v) is 30.1. The number of anilines is 1. The molecule has 0 saturated heterocycles. The van der Waals surface area contributed by atoms with Crippen LogP contribution in [-0.4, -0.2) is 29.7 Å². The predicted molar refractivity (Wildman–Crippen MR) is 209 cm³/mol. The summed E-state index contributed by atoms with van der Waals surface area (Å²) in [5, 5.41) is 5.32. The van der Waals surface area contributed by atoms with E-state index in [0.29, 0.717) is 6.42 Å². The number of carbonyl (C=O) groups is 1. The molecular weight excluding hydrogens is 597 g/mol. The second-order valence-corrected chi connectivity index (χ2v) is 15.1. The number of hydrogen-bond donors (Lipinski definition) is 0. The van der Waals surface area contributed by atoms with Crippen molar-refractivity contribution in [1.29, 1.82) is 0 Å². The Labute approximate surface area is 293 Å². The van der Waals surface area contributed by atoms with Crippen molar-refractivity contribution >= 4 is 44.9 Å². The Morgan fingerprint density at radius 3 is 2.20 bits per heavy atom. The summed E-state index contributed by atoms with van der Waals surface area (Å²) in [5.41, 5.74) is 10.9. The van der Waals surface area contributed by atoms with Crippen LogP contribution in [-0.2, 0) is 15.6 Å². The van der Waals surface area contributed by atoms with E-state index in [-0.39, 0.29) is 10.8 Å². The topological polar surface area (TPSA) is 23.3 Å². The largest absolute Gasteiger partial charge is 0.344 e. The van der Waals surface area contributed by atoms with E-state index in [1.165, 1.54) is 73.0 Å². The van der Waals surface area contributed by atoms with Gasteiger partial charge in [0.2, 0.25) is 5.69 Å². The predicted octanol–water partition coefficient (Wildman–Crippen LogP) is 11.4. The number of rotatable bonds is 10. The number of likely N-dealkylation sites (N-methyl/N-ethyl adjacent to an activating group) is 1. The number of aldehydes is 1. The molecule has 4 aromatic rings. The highest BCUT2D eigenvalue weighted by Crippen LogP contribution is 2.51. The Bertz CT molecular complexity index is 2080. The van der Waals surface area contributed by atoms with Crippen molar-refractivity contribution in [1.82, 2.24) is 0 Å². The first-order chi connectivity index (χ1) is 23.8. The third kappa shape index (κ3) is 5.92. The summed E-state index contributed by atoms with van der Waals surface area (Å²) in [6.45, 7) is 13.7. The third-order valence-electron chi connectivity index (χ3n) is 11.2. The molecule has 2 aliphatic heterocycles. The standard InChI is InChI=1S/C46H51N2O/c1-6-47-39-26-24-35-18-9-11-20-37(35)43(39)45(2,3)41(47)28-22-33-16-15-17-34(32-33)23-29-42-46(4,5)44-38-21-12-10-19-36(38)25-27-40(44)48(42)30-13-7-8-14-31-49/h9-12,18-29,31-32H,6-8,13-17,30H2,1-5H3/q+1.